The van der Waals surface area contributed by atoms with Gasteiger partial charge in [-0.05, 0) is 25.3 Å². The molecule has 0 aromatic heterocycles. The smallest absolute Gasteiger partial charge is 0.0779 e. The molecule has 0 saturated heterocycles. The lowest BCUT2D eigenvalue weighted by molar-refractivity contribution is 0.384. The first-order valence-corrected chi connectivity index (χ1v) is 10.2. The lowest BCUT2D eigenvalue weighted by Crippen LogP contribution is -2.34. The third-order valence-electron chi connectivity index (χ3n) is 5.02. The Morgan fingerprint density at radius 3 is 2.45 bits per heavy atom. The summed E-state index contributed by atoms with van der Waals surface area (Å²) in [5.74, 6) is 1.00. The van der Waals surface area contributed by atoms with Gasteiger partial charge in [-0.15, -0.1) is 0 Å². The standard InChI is InChI=1S/C19H26Si/c1-16-12-13-19(14-16)20(18-10-6-3-7-11-18)15-17-8-4-2-5-9-17/h3,6-7,10-12,14,17,20H,2,4-5,8-9,13,15H2,1H3. The van der Waals surface area contributed by atoms with Gasteiger partial charge in [0.25, 0.3) is 0 Å². The van der Waals surface area contributed by atoms with Crippen molar-refractivity contribution in [1.82, 2.24) is 0 Å². The van der Waals surface area contributed by atoms with Gasteiger partial charge in [-0.3, -0.25) is 0 Å². The lowest BCUT2D eigenvalue weighted by Gasteiger charge is -2.27. The van der Waals surface area contributed by atoms with Crippen LogP contribution in [0.3, 0.4) is 0 Å². The predicted octanol–water partition coefficient (Wildman–Crippen LogP) is 4.52. The van der Waals surface area contributed by atoms with E-state index >= 15 is 0 Å². The van der Waals surface area contributed by atoms with E-state index < -0.39 is 8.80 Å². The molecule has 0 radical (unpaired) electrons. The van der Waals surface area contributed by atoms with Gasteiger partial charge in [-0.1, -0.05) is 90.5 Å². The topological polar surface area (TPSA) is 0 Å². The van der Waals surface area contributed by atoms with Gasteiger partial charge in [0.1, 0.15) is 0 Å². The van der Waals surface area contributed by atoms with Crippen molar-refractivity contribution in [2.75, 3.05) is 0 Å². The Morgan fingerprint density at radius 1 is 1.05 bits per heavy atom. The molecule has 2 aliphatic carbocycles. The van der Waals surface area contributed by atoms with Gasteiger partial charge in [-0.25, -0.2) is 0 Å². The molecule has 0 heterocycles. The molecule has 1 saturated carbocycles. The summed E-state index contributed by atoms with van der Waals surface area (Å²) in [4.78, 5) is 0. The maximum atomic E-state index is 2.49. The first kappa shape index (κ1) is 13.9. The van der Waals surface area contributed by atoms with E-state index in [1.54, 1.807) is 10.4 Å². The number of benzene rings is 1. The van der Waals surface area contributed by atoms with E-state index in [1.165, 1.54) is 50.1 Å². The average molecular weight is 283 g/mol. The molecule has 1 aromatic rings. The fraction of sp³-hybridized carbons (Fsp3) is 0.474. The summed E-state index contributed by atoms with van der Waals surface area (Å²) < 4.78 is 0. The second-order valence-electron chi connectivity index (χ2n) is 6.57. The van der Waals surface area contributed by atoms with E-state index in [0.717, 1.165) is 5.92 Å². The lowest BCUT2D eigenvalue weighted by atomic mass is 9.91. The second kappa shape index (κ2) is 6.58. The Balaban J connectivity index is 1.78. The molecule has 1 unspecified atom stereocenters. The van der Waals surface area contributed by atoms with Crippen molar-refractivity contribution in [3.63, 3.8) is 0 Å². The average Bonchev–Trinajstić information content (AvgIpc) is 2.93. The summed E-state index contributed by atoms with van der Waals surface area (Å²) in [6, 6.07) is 12.9. The zero-order chi connectivity index (χ0) is 13.8. The van der Waals surface area contributed by atoms with Crippen molar-refractivity contribution >= 4 is 14.0 Å². The van der Waals surface area contributed by atoms with E-state index in [1.807, 2.05) is 0 Å². The molecule has 20 heavy (non-hydrogen) atoms. The van der Waals surface area contributed by atoms with E-state index in [-0.39, 0.29) is 0 Å². The Labute approximate surface area is 125 Å². The number of allylic oxidation sites excluding steroid dienone is 4. The fourth-order valence-electron chi connectivity index (χ4n) is 3.88. The van der Waals surface area contributed by atoms with Gasteiger partial charge in [0, 0.05) is 0 Å². The first-order valence-electron chi connectivity index (χ1n) is 8.25. The summed E-state index contributed by atoms with van der Waals surface area (Å²) in [6.45, 7) is 2.25. The molecule has 0 spiro atoms. The molecule has 2 aliphatic rings. The predicted molar refractivity (Wildman–Crippen MR) is 91.1 cm³/mol. The summed E-state index contributed by atoms with van der Waals surface area (Å²) in [6.07, 6.45) is 13.5. The van der Waals surface area contributed by atoms with Crippen molar-refractivity contribution in [2.45, 2.75) is 51.5 Å². The van der Waals surface area contributed by atoms with Crippen LogP contribution >= 0.6 is 0 Å². The van der Waals surface area contributed by atoms with Crippen LogP contribution in [0.5, 0.6) is 0 Å². The van der Waals surface area contributed by atoms with Gasteiger partial charge in [0.2, 0.25) is 0 Å². The molecule has 0 N–H and O–H groups in total. The third-order valence-corrected chi connectivity index (χ3v) is 8.64. The summed E-state index contributed by atoms with van der Waals surface area (Å²) in [5, 5.41) is 3.44. The van der Waals surface area contributed by atoms with E-state index in [0.29, 0.717) is 0 Å². The highest BCUT2D eigenvalue weighted by Gasteiger charge is 2.25. The molecule has 106 valence electrons. The highest BCUT2D eigenvalue weighted by atomic mass is 28.3. The van der Waals surface area contributed by atoms with Gasteiger partial charge in [0.05, 0.1) is 8.80 Å². The molecule has 1 atom stereocenters. The normalized spacial score (nSPS) is 21.4. The molecular weight excluding hydrogens is 256 g/mol. The Bertz CT molecular complexity index is 492. The van der Waals surface area contributed by atoms with Crippen molar-refractivity contribution in [3.05, 3.63) is 53.3 Å². The molecule has 0 aliphatic heterocycles. The van der Waals surface area contributed by atoms with Crippen LogP contribution in [0.15, 0.2) is 53.3 Å². The first-order chi connectivity index (χ1) is 9.83. The molecule has 1 heteroatoms. The van der Waals surface area contributed by atoms with E-state index in [9.17, 15) is 0 Å². The zero-order valence-electron chi connectivity index (χ0n) is 12.6. The van der Waals surface area contributed by atoms with Crippen molar-refractivity contribution < 1.29 is 0 Å². The van der Waals surface area contributed by atoms with Crippen LogP contribution in [0, 0.1) is 5.92 Å². The summed E-state index contributed by atoms with van der Waals surface area (Å²) in [5.41, 5.74) is 1.48. The van der Waals surface area contributed by atoms with Crippen LogP contribution < -0.4 is 5.19 Å². The highest BCUT2D eigenvalue weighted by molar-refractivity contribution is 6.80. The summed E-state index contributed by atoms with van der Waals surface area (Å²) >= 11 is 0. The van der Waals surface area contributed by atoms with Crippen LogP contribution in [0.4, 0.5) is 0 Å². The molecule has 0 amide bonds. The van der Waals surface area contributed by atoms with Crippen LogP contribution in [0.1, 0.15) is 45.4 Å². The van der Waals surface area contributed by atoms with Gasteiger partial charge in [0.15, 0.2) is 0 Å². The molecule has 3 rings (SSSR count). The van der Waals surface area contributed by atoms with Crippen LogP contribution in [0.25, 0.3) is 0 Å². The SMILES string of the molecule is CC1=CCC([SiH](CC2CCCCC2)c2ccccc2)=C1. The molecule has 0 nitrogen and oxygen atoms in total. The highest BCUT2D eigenvalue weighted by Crippen LogP contribution is 2.31. The Hall–Kier alpha value is -1.08. The summed E-state index contributed by atoms with van der Waals surface area (Å²) in [7, 11) is -0.947. The third kappa shape index (κ3) is 3.32. The van der Waals surface area contributed by atoms with Crippen LogP contribution in [-0.4, -0.2) is 8.80 Å². The van der Waals surface area contributed by atoms with Crippen molar-refractivity contribution in [1.29, 1.82) is 0 Å². The maximum Gasteiger partial charge on any atom is 0.0983 e. The minimum atomic E-state index is -0.947. The zero-order valence-corrected chi connectivity index (χ0v) is 13.8. The van der Waals surface area contributed by atoms with Crippen LogP contribution in [-0.2, 0) is 0 Å². The van der Waals surface area contributed by atoms with Crippen LogP contribution in [0.2, 0.25) is 6.04 Å². The van der Waals surface area contributed by atoms with Gasteiger partial charge in [-0.2, -0.15) is 0 Å². The maximum absolute atomic E-state index is 2.49. The minimum absolute atomic E-state index is 0.947. The Morgan fingerprint density at radius 2 is 1.80 bits per heavy atom. The van der Waals surface area contributed by atoms with Crippen molar-refractivity contribution in [2.24, 2.45) is 5.92 Å². The monoisotopic (exact) mass is 282 g/mol. The van der Waals surface area contributed by atoms with E-state index in [2.05, 4.69) is 49.4 Å². The fourth-order valence-corrected chi connectivity index (χ4v) is 7.57. The minimum Gasteiger partial charge on any atom is -0.0779 e. The van der Waals surface area contributed by atoms with Crippen molar-refractivity contribution in [3.8, 4) is 0 Å². The largest absolute Gasteiger partial charge is 0.0983 e. The molecule has 0 bridgehead atoms. The van der Waals surface area contributed by atoms with Gasteiger partial charge < -0.3 is 0 Å². The molecule has 1 fully saturated rings. The number of rotatable bonds is 4. The quantitative estimate of drug-likeness (QED) is 0.712. The number of hydrogen-bond donors (Lipinski definition) is 0. The molecule has 1 aromatic carbocycles. The van der Waals surface area contributed by atoms with E-state index in [4.69, 9.17) is 0 Å². The van der Waals surface area contributed by atoms with Gasteiger partial charge >= 0.3 is 0 Å². The number of hydrogen-bond acceptors (Lipinski definition) is 0. The Kier molecular flexibility index (Phi) is 4.57. The second-order valence-corrected chi connectivity index (χ2v) is 9.56. The molecular formula is C19H26Si.